The molecule has 2 N–H and O–H groups in total. The molecule has 2 amide bonds. The molecule has 0 saturated carbocycles. The van der Waals surface area contributed by atoms with Crippen LogP contribution >= 0.6 is 22.9 Å². The van der Waals surface area contributed by atoms with Gasteiger partial charge in [0.1, 0.15) is 0 Å². The molecule has 1 aromatic heterocycles. The highest BCUT2D eigenvalue weighted by Gasteiger charge is 2.12. The standard InChI is InChI=1S/C16H15ClN2O3S/c1-10-2-4-11(5-3-10)16(22)19-18-15(21)9-6-12(20)13-7-8-14(17)23-13/h2-5,7-8H,6,9H2,1H3,(H,18,21)(H,19,22). The summed E-state index contributed by atoms with van der Waals surface area (Å²) in [5.74, 6) is -0.988. The Kier molecular flexibility index (Phi) is 5.90. The van der Waals surface area contributed by atoms with E-state index in [-0.39, 0.29) is 18.6 Å². The van der Waals surface area contributed by atoms with E-state index < -0.39 is 11.8 Å². The smallest absolute Gasteiger partial charge is 0.269 e. The second kappa shape index (κ2) is 7.89. The van der Waals surface area contributed by atoms with E-state index in [9.17, 15) is 14.4 Å². The fourth-order valence-corrected chi connectivity index (χ4v) is 2.79. The topological polar surface area (TPSA) is 75.3 Å². The summed E-state index contributed by atoms with van der Waals surface area (Å²) in [6.07, 6.45) is 0.0472. The van der Waals surface area contributed by atoms with Gasteiger partial charge < -0.3 is 0 Å². The van der Waals surface area contributed by atoms with Crippen LogP contribution in [0.1, 0.15) is 38.4 Å². The van der Waals surface area contributed by atoms with Gasteiger partial charge in [-0.15, -0.1) is 11.3 Å². The molecule has 2 aromatic rings. The molecule has 0 atom stereocenters. The van der Waals surface area contributed by atoms with Crippen LogP contribution in [0.5, 0.6) is 0 Å². The molecule has 1 aromatic carbocycles. The molecule has 1 heterocycles. The van der Waals surface area contributed by atoms with Gasteiger partial charge in [0.2, 0.25) is 5.91 Å². The zero-order chi connectivity index (χ0) is 16.8. The second-order valence-electron chi connectivity index (χ2n) is 4.90. The second-order valence-corrected chi connectivity index (χ2v) is 6.61. The average Bonchev–Trinajstić information content (AvgIpc) is 2.97. The summed E-state index contributed by atoms with van der Waals surface area (Å²) in [6.45, 7) is 1.92. The first-order chi connectivity index (χ1) is 11.0. The Hall–Kier alpha value is -2.18. The van der Waals surface area contributed by atoms with Crippen LogP contribution in [-0.2, 0) is 4.79 Å². The average molecular weight is 351 g/mol. The molecular formula is C16H15ClN2O3S. The first kappa shape index (κ1) is 17.2. The number of hydrogen-bond acceptors (Lipinski definition) is 4. The number of amides is 2. The van der Waals surface area contributed by atoms with Gasteiger partial charge in [-0.25, -0.2) is 0 Å². The summed E-state index contributed by atoms with van der Waals surface area (Å²) in [5, 5.41) is 0. The minimum atomic E-state index is -0.429. The molecule has 0 fully saturated rings. The number of ketones is 1. The van der Waals surface area contributed by atoms with Crippen LogP contribution in [0.3, 0.4) is 0 Å². The van der Waals surface area contributed by atoms with E-state index in [1.54, 1.807) is 24.3 Å². The normalized spacial score (nSPS) is 10.2. The van der Waals surface area contributed by atoms with Crippen LogP contribution in [0.15, 0.2) is 36.4 Å². The van der Waals surface area contributed by atoms with Crippen molar-refractivity contribution < 1.29 is 14.4 Å². The maximum atomic E-state index is 11.8. The largest absolute Gasteiger partial charge is 0.293 e. The Morgan fingerprint density at radius 2 is 1.70 bits per heavy atom. The van der Waals surface area contributed by atoms with E-state index >= 15 is 0 Å². The minimum absolute atomic E-state index is 0.0114. The first-order valence-electron chi connectivity index (χ1n) is 6.90. The monoisotopic (exact) mass is 350 g/mol. The fourth-order valence-electron chi connectivity index (χ4n) is 1.78. The molecule has 0 spiro atoms. The van der Waals surface area contributed by atoms with E-state index in [2.05, 4.69) is 10.9 Å². The van der Waals surface area contributed by atoms with Crippen molar-refractivity contribution >= 4 is 40.5 Å². The molecule has 0 saturated heterocycles. The highest BCUT2D eigenvalue weighted by Crippen LogP contribution is 2.22. The van der Waals surface area contributed by atoms with Gasteiger partial charge in [-0.05, 0) is 31.2 Å². The zero-order valence-corrected chi connectivity index (χ0v) is 14.0. The van der Waals surface area contributed by atoms with E-state index in [0.717, 1.165) is 5.56 Å². The molecule has 0 aliphatic carbocycles. The van der Waals surface area contributed by atoms with Crippen LogP contribution in [0.4, 0.5) is 0 Å². The Balaban J connectivity index is 1.75. The molecule has 0 aliphatic rings. The quantitative estimate of drug-likeness (QED) is 0.642. The number of hydrogen-bond donors (Lipinski definition) is 2. The molecule has 7 heteroatoms. The molecule has 0 bridgehead atoms. The van der Waals surface area contributed by atoms with Crippen LogP contribution < -0.4 is 10.9 Å². The SMILES string of the molecule is Cc1ccc(C(=O)NNC(=O)CCC(=O)c2ccc(Cl)s2)cc1. The number of rotatable bonds is 5. The number of carbonyl (C=O) groups excluding carboxylic acids is 3. The maximum Gasteiger partial charge on any atom is 0.269 e. The molecule has 0 radical (unpaired) electrons. The summed E-state index contributed by atoms with van der Waals surface area (Å²) in [4.78, 5) is 35.8. The number of benzene rings is 1. The Morgan fingerprint density at radius 1 is 1.00 bits per heavy atom. The van der Waals surface area contributed by atoms with Crippen molar-refractivity contribution in [3.05, 3.63) is 56.7 Å². The first-order valence-corrected chi connectivity index (χ1v) is 8.09. The highest BCUT2D eigenvalue weighted by atomic mass is 35.5. The third kappa shape index (κ3) is 5.19. The third-order valence-corrected chi connectivity index (χ3v) is 4.33. The van der Waals surface area contributed by atoms with Gasteiger partial charge in [-0.3, -0.25) is 25.2 Å². The molecule has 23 heavy (non-hydrogen) atoms. The van der Waals surface area contributed by atoms with Crippen molar-refractivity contribution in [1.82, 2.24) is 10.9 Å². The third-order valence-electron chi connectivity index (χ3n) is 3.06. The molecule has 0 unspecified atom stereocenters. The van der Waals surface area contributed by atoms with Gasteiger partial charge in [0.05, 0.1) is 9.21 Å². The van der Waals surface area contributed by atoms with Crippen LogP contribution in [0, 0.1) is 6.92 Å². The van der Waals surface area contributed by atoms with E-state index in [0.29, 0.717) is 14.8 Å². The van der Waals surface area contributed by atoms with Gasteiger partial charge in [0.25, 0.3) is 5.91 Å². The summed E-state index contributed by atoms with van der Waals surface area (Å²) in [5.41, 5.74) is 6.10. The van der Waals surface area contributed by atoms with Gasteiger partial charge in [-0.1, -0.05) is 29.3 Å². The lowest BCUT2D eigenvalue weighted by Gasteiger charge is -2.07. The summed E-state index contributed by atoms with van der Waals surface area (Å²) >= 11 is 6.94. The number of halogens is 1. The lowest BCUT2D eigenvalue weighted by atomic mass is 10.1. The van der Waals surface area contributed by atoms with Crippen LogP contribution in [0.25, 0.3) is 0 Å². The summed E-state index contributed by atoms with van der Waals surface area (Å²) < 4.78 is 0.531. The summed E-state index contributed by atoms with van der Waals surface area (Å²) in [7, 11) is 0. The number of hydrazine groups is 1. The predicted molar refractivity (Wildman–Crippen MR) is 89.7 cm³/mol. The predicted octanol–water partition coefficient (Wildman–Crippen LogP) is 3.13. The van der Waals surface area contributed by atoms with Crippen molar-refractivity contribution in [3.8, 4) is 0 Å². The number of aryl methyl sites for hydroxylation is 1. The Labute approximate surface area is 142 Å². The molecular weight excluding hydrogens is 336 g/mol. The lowest BCUT2D eigenvalue weighted by Crippen LogP contribution is -2.41. The Bertz CT molecular complexity index is 725. The molecule has 120 valence electrons. The Morgan fingerprint density at radius 3 is 2.30 bits per heavy atom. The van der Waals surface area contributed by atoms with E-state index in [4.69, 9.17) is 11.6 Å². The molecule has 0 aliphatic heterocycles. The maximum absolute atomic E-state index is 11.8. The number of Topliss-reactive ketones (excluding diaryl/α,β-unsaturated/α-hetero) is 1. The zero-order valence-electron chi connectivity index (χ0n) is 12.4. The number of carbonyl (C=O) groups is 3. The van der Waals surface area contributed by atoms with Crippen molar-refractivity contribution in [2.75, 3.05) is 0 Å². The van der Waals surface area contributed by atoms with Crippen molar-refractivity contribution in [2.24, 2.45) is 0 Å². The molecule has 2 rings (SSSR count). The van der Waals surface area contributed by atoms with Gasteiger partial charge in [0, 0.05) is 18.4 Å². The van der Waals surface area contributed by atoms with E-state index in [1.807, 2.05) is 19.1 Å². The van der Waals surface area contributed by atoms with Crippen molar-refractivity contribution in [3.63, 3.8) is 0 Å². The number of thiophene rings is 1. The van der Waals surface area contributed by atoms with Gasteiger partial charge in [-0.2, -0.15) is 0 Å². The van der Waals surface area contributed by atoms with Crippen molar-refractivity contribution in [2.45, 2.75) is 19.8 Å². The summed E-state index contributed by atoms with van der Waals surface area (Å²) in [6, 6.07) is 10.2. The van der Waals surface area contributed by atoms with E-state index in [1.165, 1.54) is 11.3 Å². The minimum Gasteiger partial charge on any atom is -0.293 e. The highest BCUT2D eigenvalue weighted by molar-refractivity contribution is 7.18. The van der Waals surface area contributed by atoms with Gasteiger partial charge >= 0.3 is 0 Å². The van der Waals surface area contributed by atoms with Gasteiger partial charge in [0.15, 0.2) is 5.78 Å². The van der Waals surface area contributed by atoms with Crippen LogP contribution in [-0.4, -0.2) is 17.6 Å². The molecule has 5 nitrogen and oxygen atoms in total. The number of nitrogens with one attached hydrogen (secondary N) is 2. The van der Waals surface area contributed by atoms with Crippen molar-refractivity contribution in [1.29, 1.82) is 0 Å². The lowest BCUT2D eigenvalue weighted by molar-refractivity contribution is -0.121. The fraction of sp³-hybridized carbons (Fsp3) is 0.188. The van der Waals surface area contributed by atoms with Crippen LogP contribution in [0.2, 0.25) is 4.34 Å².